The molecule has 1 N–H and O–H groups in total. The molecule has 2 heterocycles. The summed E-state index contributed by atoms with van der Waals surface area (Å²) in [7, 11) is 5.55. The van der Waals surface area contributed by atoms with Crippen molar-refractivity contribution in [3.8, 4) is 11.4 Å². The van der Waals surface area contributed by atoms with Crippen molar-refractivity contribution >= 4 is 28.1 Å². The van der Waals surface area contributed by atoms with E-state index in [1.807, 2.05) is 55.4 Å². The van der Waals surface area contributed by atoms with Crippen LogP contribution in [0.4, 0.5) is 17.1 Å². The molecule has 3 aromatic carbocycles. The van der Waals surface area contributed by atoms with E-state index in [1.165, 1.54) is 15.2 Å². The quantitative estimate of drug-likeness (QED) is 0.339. The summed E-state index contributed by atoms with van der Waals surface area (Å²) in [6.45, 7) is 2.11. The molecule has 0 amide bonds. The van der Waals surface area contributed by atoms with Gasteiger partial charge in [-0.05, 0) is 54.4 Å². The van der Waals surface area contributed by atoms with Crippen LogP contribution in [0.1, 0.15) is 18.9 Å². The third-order valence-electron chi connectivity index (χ3n) is 6.84. The zero-order valence-corrected chi connectivity index (χ0v) is 22.5. The predicted molar refractivity (Wildman–Crippen MR) is 158 cm³/mol. The van der Waals surface area contributed by atoms with Gasteiger partial charge in [0, 0.05) is 38.6 Å². The Morgan fingerprint density at radius 1 is 0.769 bits per heavy atom. The van der Waals surface area contributed by atoms with E-state index < -0.39 is 11.2 Å². The smallest absolute Gasteiger partial charge is 0.341 e. The topological polar surface area (TPSA) is 81.3 Å². The molecule has 0 spiro atoms. The van der Waals surface area contributed by atoms with Crippen molar-refractivity contribution in [2.75, 3.05) is 24.3 Å². The molecule has 0 saturated heterocycles. The van der Waals surface area contributed by atoms with Crippen LogP contribution in [0.3, 0.4) is 0 Å². The largest absolute Gasteiger partial charge is 0.378 e. The molecule has 8 nitrogen and oxygen atoms in total. The Hall–Kier alpha value is -4.85. The van der Waals surface area contributed by atoms with Gasteiger partial charge in [-0.1, -0.05) is 49.7 Å². The fraction of sp³-hybridized carbons (Fsp3) is 0.194. The van der Waals surface area contributed by atoms with Gasteiger partial charge in [-0.25, -0.2) is 13.9 Å². The van der Waals surface area contributed by atoms with Crippen molar-refractivity contribution in [2.45, 2.75) is 19.8 Å². The minimum atomic E-state index is -0.556. The van der Waals surface area contributed by atoms with Crippen LogP contribution in [0.25, 0.3) is 22.4 Å². The van der Waals surface area contributed by atoms with Crippen LogP contribution >= 0.6 is 0 Å². The number of benzene rings is 3. The number of anilines is 3. The molecular formula is C31H31N5O3. The van der Waals surface area contributed by atoms with Gasteiger partial charge >= 0.3 is 5.69 Å². The third-order valence-corrected chi connectivity index (χ3v) is 6.84. The van der Waals surface area contributed by atoms with Crippen molar-refractivity contribution in [3.05, 3.63) is 122 Å². The number of nitrogens with zero attached hydrogens (tertiary/aromatic N) is 4. The Kier molecular flexibility index (Phi) is 6.94. The third kappa shape index (κ3) is 4.65. The van der Waals surface area contributed by atoms with Crippen LogP contribution in [-0.4, -0.2) is 27.8 Å². The molecule has 0 aliphatic heterocycles. The van der Waals surface area contributed by atoms with Crippen LogP contribution in [0.2, 0.25) is 0 Å². The summed E-state index contributed by atoms with van der Waals surface area (Å²) in [6.07, 6.45) is 1.74. The van der Waals surface area contributed by atoms with Gasteiger partial charge in [0.15, 0.2) is 0 Å². The number of hydrogen-bond donors (Lipinski definition) is 1. The molecule has 0 unspecified atom stereocenters. The number of para-hydroxylation sites is 2. The maximum atomic E-state index is 14.1. The minimum absolute atomic E-state index is 0.223. The Morgan fingerprint density at radius 3 is 1.97 bits per heavy atom. The van der Waals surface area contributed by atoms with Crippen LogP contribution in [0.15, 0.2) is 99.3 Å². The molecular weight excluding hydrogens is 490 g/mol. The van der Waals surface area contributed by atoms with Gasteiger partial charge in [0.05, 0.1) is 17.1 Å². The number of aromatic nitrogens is 3. The van der Waals surface area contributed by atoms with Crippen molar-refractivity contribution in [3.63, 3.8) is 0 Å². The molecule has 0 atom stereocenters. The Morgan fingerprint density at radius 2 is 1.38 bits per heavy atom. The fourth-order valence-corrected chi connectivity index (χ4v) is 4.86. The highest BCUT2D eigenvalue weighted by Gasteiger charge is 2.22. The molecule has 0 aliphatic carbocycles. The molecule has 2 aromatic heterocycles. The second-order valence-corrected chi connectivity index (χ2v) is 9.69. The summed E-state index contributed by atoms with van der Waals surface area (Å²) < 4.78 is 3.94. The van der Waals surface area contributed by atoms with E-state index in [-0.39, 0.29) is 16.6 Å². The van der Waals surface area contributed by atoms with Crippen molar-refractivity contribution in [1.29, 1.82) is 0 Å². The standard InChI is InChI=1S/C31H31N5O3/c1-5-12-21-19-24(33(2)3)17-18-25(21)32-26-20-27(37)34(4)29-28(26)30(38)36(23-15-10-7-11-16-23)31(39)35(29)22-13-8-6-9-14-22/h6-11,13-20,32H,5,12H2,1-4H3. The van der Waals surface area contributed by atoms with Crippen LogP contribution in [0, 0.1) is 0 Å². The lowest BCUT2D eigenvalue weighted by Gasteiger charge is -2.20. The first-order valence-electron chi connectivity index (χ1n) is 12.9. The first kappa shape index (κ1) is 25.8. The minimum Gasteiger partial charge on any atom is -0.378 e. The summed E-state index contributed by atoms with van der Waals surface area (Å²) in [5, 5.41) is 3.63. The van der Waals surface area contributed by atoms with E-state index >= 15 is 0 Å². The lowest BCUT2D eigenvalue weighted by molar-refractivity contribution is 0.784. The van der Waals surface area contributed by atoms with E-state index in [9.17, 15) is 14.4 Å². The van der Waals surface area contributed by atoms with E-state index in [1.54, 1.807) is 43.4 Å². The van der Waals surface area contributed by atoms with Gasteiger partial charge in [-0.3, -0.25) is 14.2 Å². The van der Waals surface area contributed by atoms with Crippen molar-refractivity contribution in [2.24, 2.45) is 7.05 Å². The number of pyridine rings is 1. The summed E-state index contributed by atoms with van der Waals surface area (Å²) in [6, 6.07) is 25.4. The highest BCUT2D eigenvalue weighted by atomic mass is 16.2. The number of nitrogens with one attached hydrogen (secondary N) is 1. The van der Waals surface area contributed by atoms with Crippen molar-refractivity contribution < 1.29 is 0 Å². The maximum absolute atomic E-state index is 14.1. The molecule has 0 saturated carbocycles. The lowest BCUT2D eigenvalue weighted by Crippen LogP contribution is -2.40. The second kappa shape index (κ2) is 10.5. The zero-order chi connectivity index (χ0) is 27.7. The summed E-state index contributed by atoms with van der Waals surface area (Å²) in [5.74, 6) is 0. The number of fused-ring (bicyclic) bond motifs is 1. The number of aryl methyl sites for hydroxylation is 2. The summed E-state index contributed by atoms with van der Waals surface area (Å²) >= 11 is 0. The molecule has 198 valence electrons. The van der Waals surface area contributed by atoms with Gasteiger partial charge in [0.25, 0.3) is 11.1 Å². The van der Waals surface area contributed by atoms with E-state index in [0.717, 1.165) is 34.3 Å². The van der Waals surface area contributed by atoms with Gasteiger partial charge in [0.1, 0.15) is 11.0 Å². The number of hydrogen-bond acceptors (Lipinski definition) is 5. The summed E-state index contributed by atoms with van der Waals surface area (Å²) in [4.78, 5) is 43.4. The van der Waals surface area contributed by atoms with Crippen molar-refractivity contribution in [1.82, 2.24) is 13.7 Å². The first-order chi connectivity index (χ1) is 18.8. The SMILES string of the molecule is CCCc1cc(N(C)C)ccc1Nc1cc(=O)n(C)c2c1c(=O)n(-c1ccccc1)c(=O)n2-c1ccccc1. The second-order valence-electron chi connectivity index (χ2n) is 9.69. The van der Waals surface area contributed by atoms with Crippen LogP contribution in [0.5, 0.6) is 0 Å². The average Bonchev–Trinajstić information content (AvgIpc) is 2.93. The normalized spacial score (nSPS) is 11.1. The van der Waals surface area contributed by atoms with Gasteiger partial charge < -0.3 is 10.2 Å². The molecule has 0 radical (unpaired) electrons. The van der Waals surface area contributed by atoms with Gasteiger partial charge in [-0.2, -0.15) is 0 Å². The highest BCUT2D eigenvalue weighted by Crippen LogP contribution is 2.29. The predicted octanol–water partition coefficient (Wildman–Crippen LogP) is 4.60. The molecule has 0 fully saturated rings. The molecule has 8 heteroatoms. The molecule has 39 heavy (non-hydrogen) atoms. The molecule has 0 bridgehead atoms. The average molecular weight is 522 g/mol. The van der Waals surface area contributed by atoms with Gasteiger partial charge in [0.2, 0.25) is 0 Å². The van der Waals surface area contributed by atoms with Gasteiger partial charge in [-0.15, -0.1) is 0 Å². The first-order valence-corrected chi connectivity index (χ1v) is 12.9. The zero-order valence-electron chi connectivity index (χ0n) is 22.5. The molecule has 5 rings (SSSR count). The van der Waals surface area contributed by atoms with E-state index in [0.29, 0.717) is 17.1 Å². The van der Waals surface area contributed by atoms with E-state index in [2.05, 4.69) is 18.3 Å². The Labute approximate surface area is 226 Å². The van der Waals surface area contributed by atoms with E-state index in [4.69, 9.17) is 0 Å². The number of rotatable bonds is 7. The summed E-state index contributed by atoms with van der Waals surface area (Å²) in [5.41, 5.74) is 3.09. The Bertz CT molecular complexity index is 1840. The van der Waals surface area contributed by atoms with Crippen LogP contribution in [-0.2, 0) is 13.5 Å². The fourth-order valence-electron chi connectivity index (χ4n) is 4.86. The Balaban J connectivity index is 1.88. The molecule has 0 aliphatic rings. The monoisotopic (exact) mass is 521 g/mol. The molecule has 5 aromatic rings. The van der Waals surface area contributed by atoms with Crippen LogP contribution < -0.4 is 27.0 Å². The highest BCUT2D eigenvalue weighted by molar-refractivity contribution is 5.92. The maximum Gasteiger partial charge on any atom is 0.341 e. The lowest BCUT2D eigenvalue weighted by atomic mass is 10.1.